The van der Waals surface area contributed by atoms with E-state index in [1.807, 2.05) is 6.92 Å². The average Bonchev–Trinajstić information content (AvgIpc) is 2.56. The number of anilines is 1. The summed E-state index contributed by atoms with van der Waals surface area (Å²) in [5.41, 5.74) is 0.215. The van der Waals surface area contributed by atoms with E-state index >= 15 is 0 Å². The molecule has 6 nitrogen and oxygen atoms in total. The molecular formula is C16H25FN4O2+2. The molecule has 2 rings (SSSR count). The van der Waals surface area contributed by atoms with Crippen LogP contribution >= 0.6 is 0 Å². The zero-order valence-electron chi connectivity index (χ0n) is 13.6. The number of benzene rings is 1. The molecule has 7 heteroatoms. The average molecular weight is 324 g/mol. The van der Waals surface area contributed by atoms with Gasteiger partial charge in [-0.05, 0) is 19.1 Å². The highest BCUT2D eigenvalue weighted by Crippen LogP contribution is 2.12. The first-order valence-electron chi connectivity index (χ1n) is 7.95. The number of amides is 2. The Balaban J connectivity index is 1.84. The minimum absolute atomic E-state index is 0.0359. The first-order chi connectivity index (χ1) is 11.0. The van der Waals surface area contributed by atoms with Gasteiger partial charge in [-0.15, -0.1) is 0 Å². The van der Waals surface area contributed by atoms with Crippen molar-refractivity contribution in [2.24, 2.45) is 0 Å². The third-order valence-corrected chi connectivity index (χ3v) is 4.43. The Morgan fingerprint density at radius 2 is 1.87 bits per heavy atom. The summed E-state index contributed by atoms with van der Waals surface area (Å²) in [4.78, 5) is 26.1. The van der Waals surface area contributed by atoms with E-state index in [4.69, 9.17) is 0 Å². The Bertz CT molecular complexity index is 559. The van der Waals surface area contributed by atoms with Crippen LogP contribution in [-0.2, 0) is 9.59 Å². The van der Waals surface area contributed by atoms with Gasteiger partial charge in [0.05, 0.1) is 5.69 Å². The van der Waals surface area contributed by atoms with E-state index < -0.39 is 5.82 Å². The number of carbonyl (C=O) groups is 2. The van der Waals surface area contributed by atoms with Crippen molar-refractivity contribution < 1.29 is 23.8 Å². The summed E-state index contributed by atoms with van der Waals surface area (Å²) in [6.07, 6.45) is 0. The molecule has 1 aromatic rings. The molecule has 23 heavy (non-hydrogen) atoms. The summed E-state index contributed by atoms with van der Waals surface area (Å²) in [7, 11) is 1.64. The fourth-order valence-electron chi connectivity index (χ4n) is 2.84. The standard InChI is InChI=1S/C16H23FN4O2/c1-12(16(23)19-14-6-4-3-5-13(14)17)21-9-7-20(8-10-21)11-15(22)18-2/h3-6,12H,7-11H2,1-2H3,(H,18,22)(H,19,23)/p+2/t12-/m1/s1. The van der Waals surface area contributed by atoms with Crippen LogP contribution in [0.2, 0.25) is 0 Å². The quantitative estimate of drug-likeness (QED) is 0.491. The third-order valence-electron chi connectivity index (χ3n) is 4.43. The van der Waals surface area contributed by atoms with Crippen LogP contribution in [0.4, 0.5) is 10.1 Å². The van der Waals surface area contributed by atoms with Gasteiger partial charge in [0, 0.05) is 7.05 Å². The molecule has 1 atom stereocenters. The number of hydrogen-bond donors (Lipinski definition) is 4. The van der Waals surface area contributed by atoms with E-state index in [9.17, 15) is 14.0 Å². The molecule has 0 aromatic heterocycles. The molecule has 0 saturated carbocycles. The predicted molar refractivity (Wildman–Crippen MR) is 84.8 cm³/mol. The molecule has 0 unspecified atom stereocenters. The van der Waals surface area contributed by atoms with Crippen molar-refractivity contribution in [2.75, 3.05) is 45.1 Å². The third kappa shape index (κ3) is 4.74. The van der Waals surface area contributed by atoms with Gasteiger partial charge >= 0.3 is 0 Å². The second kappa shape index (κ2) is 8.03. The van der Waals surface area contributed by atoms with Gasteiger partial charge in [0.15, 0.2) is 12.6 Å². The van der Waals surface area contributed by atoms with E-state index in [0.29, 0.717) is 6.54 Å². The number of rotatable bonds is 5. The monoisotopic (exact) mass is 324 g/mol. The van der Waals surface area contributed by atoms with Crippen LogP contribution in [0.5, 0.6) is 0 Å². The molecule has 0 radical (unpaired) electrons. The van der Waals surface area contributed by atoms with E-state index in [-0.39, 0.29) is 23.5 Å². The smallest absolute Gasteiger partial charge is 0.282 e. The van der Waals surface area contributed by atoms with Crippen molar-refractivity contribution in [3.63, 3.8) is 0 Å². The molecule has 0 spiro atoms. The maximum atomic E-state index is 13.6. The molecule has 1 aliphatic heterocycles. The number of hydrogen-bond acceptors (Lipinski definition) is 2. The van der Waals surface area contributed by atoms with Crippen molar-refractivity contribution in [1.82, 2.24) is 5.32 Å². The highest BCUT2D eigenvalue weighted by molar-refractivity contribution is 5.93. The normalized spacial score (nSPS) is 22.2. The topological polar surface area (TPSA) is 67.1 Å². The zero-order chi connectivity index (χ0) is 16.8. The maximum Gasteiger partial charge on any atom is 0.282 e. The first-order valence-corrected chi connectivity index (χ1v) is 7.95. The van der Waals surface area contributed by atoms with E-state index in [2.05, 4.69) is 10.6 Å². The maximum absolute atomic E-state index is 13.6. The Labute approximate surface area is 135 Å². The number of nitrogens with one attached hydrogen (secondary N) is 4. The summed E-state index contributed by atoms with van der Waals surface area (Å²) in [5, 5.41) is 5.28. The van der Waals surface area contributed by atoms with Crippen LogP contribution < -0.4 is 20.4 Å². The summed E-state index contributed by atoms with van der Waals surface area (Å²) in [5.74, 6) is -0.573. The molecule has 0 aliphatic carbocycles. The summed E-state index contributed by atoms with van der Waals surface area (Å²) in [6.45, 7) is 5.66. The minimum Gasteiger partial charge on any atom is -0.354 e. The van der Waals surface area contributed by atoms with Gasteiger partial charge in [0.1, 0.15) is 32.0 Å². The number of likely N-dealkylation sites (N-methyl/N-ethyl adjacent to an activating group) is 1. The molecule has 0 bridgehead atoms. The molecule has 2 amide bonds. The van der Waals surface area contributed by atoms with Crippen LogP contribution in [-0.4, -0.2) is 57.6 Å². The number of carbonyl (C=O) groups excluding carboxylic acids is 2. The van der Waals surface area contributed by atoms with E-state index in [0.717, 1.165) is 26.2 Å². The van der Waals surface area contributed by atoms with Crippen LogP contribution in [0.3, 0.4) is 0 Å². The number of para-hydroxylation sites is 1. The second-order valence-corrected chi connectivity index (χ2v) is 5.95. The van der Waals surface area contributed by atoms with Gasteiger partial charge in [-0.1, -0.05) is 12.1 Å². The fourth-order valence-corrected chi connectivity index (χ4v) is 2.84. The Kier molecular flexibility index (Phi) is 6.06. The molecule has 1 saturated heterocycles. The fraction of sp³-hybridized carbons (Fsp3) is 0.500. The number of halogens is 1. The highest BCUT2D eigenvalue weighted by atomic mass is 19.1. The van der Waals surface area contributed by atoms with Crippen LogP contribution in [0.1, 0.15) is 6.92 Å². The lowest BCUT2D eigenvalue weighted by Gasteiger charge is -2.32. The molecule has 4 N–H and O–H groups in total. The summed E-state index contributed by atoms with van der Waals surface area (Å²) < 4.78 is 13.6. The van der Waals surface area contributed by atoms with Crippen LogP contribution in [0, 0.1) is 5.82 Å². The van der Waals surface area contributed by atoms with Gasteiger partial charge < -0.3 is 20.4 Å². The zero-order valence-corrected chi connectivity index (χ0v) is 13.6. The van der Waals surface area contributed by atoms with Crippen LogP contribution in [0.15, 0.2) is 24.3 Å². The molecule has 1 fully saturated rings. The summed E-state index contributed by atoms with van der Waals surface area (Å²) in [6, 6.07) is 5.91. The van der Waals surface area contributed by atoms with Crippen molar-refractivity contribution in [3.8, 4) is 0 Å². The van der Waals surface area contributed by atoms with E-state index in [1.165, 1.54) is 15.9 Å². The minimum atomic E-state index is -0.428. The second-order valence-electron chi connectivity index (χ2n) is 5.95. The molecule has 1 aromatic carbocycles. The molecule has 1 aliphatic rings. The molecular weight excluding hydrogens is 299 g/mol. The lowest BCUT2D eigenvalue weighted by molar-refractivity contribution is -1.01. The summed E-state index contributed by atoms with van der Waals surface area (Å²) >= 11 is 0. The van der Waals surface area contributed by atoms with E-state index in [1.54, 1.807) is 25.2 Å². The lowest BCUT2D eigenvalue weighted by atomic mass is 10.2. The van der Waals surface area contributed by atoms with Crippen molar-refractivity contribution >= 4 is 17.5 Å². The highest BCUT2D eigenvalue weighted by Gasteiger charge is 2.31. The van der Waals surface area contributed by atoms with Gasteiger partial charge in [-0.3, -0.25) is 9.59 Å². The van der Waals surface area contributed by atoms with Gasteiger partial charge in [-0.2, -0.15) is 0 Å². The largest absolute Gasteiger partial charge is 0.354 e. The molecule has 126 valence electrons. The Morgan fingerprint density at radius 1 is 1.22 bits per heavy atom. The van der Waals surface area contributed by atoms with Gasteiger partial charge in [-0.25, -0.2) is 4.39 Å². The lowest BCUT2D eigenvalue weighted by Crippen LogP contribution is -3.30. The van der Waals surface area contributed by atoms with Crippen molar-refractivity contribution in [1.29, 1.82) is 0 Å². The Hall–Kier alpha value is -1.99. The van der Waals surface area contributed by atoms with Gasteiger partial charge in [0.2, 0.25) is 0 Å². The Morgan fingerprint density at radius 3 is 2.48 bits per heavy atom. The van der Waals surface area contributed by atoms with Gasteiger partial charge in [0.25, 0.3) is 11.8 Å². The predicted octanol–water partition coefficient (Wildman–Crippen LogP) is -2.32. The van der Waals surface area contributed by atoms with Crippen molar-refractivity contribution in [2.45, 2.75) is 13.0 Å². The number of piperazine rings is 1. The number of quaternary nitrogens is 2. The first kappa shape index (κ1) is 17.4. The van der Waals surface area contributed by atoms with Crippen LogP contribution in [0.25, 0.3) is 0 Å². The SMILES string of the molecule is CNC(=O)C[NH+]1CC[NH+]([C@H](C)C(=O)Nc2ccccc2F)CC1. The van der Waals surface area contributed by atoms with Crippen molar-refractivity contribution in [3.05, 3.63) is 30.1 Å². The molecule has 1 heterocycles.